The highest BCUT2D eigenvalue weighted by Crippen LogP contribution is 2.25. The van der Waals surface area contributed by atoms with Gasteiger partial charge >= 0.3 is 0 Å². The third-order valence-electron chi connectivity index (χ3n) is 4.33. The van der Waals surface area contributed by atoms with Crippen molar-refractivity contribution < 1.29 is 22.4 Å². The second kappa shape index (κ2) is 8.49. The molecule has 0 saturated carbocycles. The van der Waals surface area contributed by atoms with Gasteiger partial charge in [0.15, 0.2) is 0 Å². The smallest absolute Gasteiger partial charge is 0.240 e. The summed E-state index contributed by atoms with van der Waals surface area (Å²) < 4.78 is 40.1. The molecular formula is C19H20FN3O4S. The van der Waals surface area contributed by atoms with Gasteiger partial charge in [-0.3, -0.25) is 9.59 Å². The number of hydrogen-bond acceptors (Lipinski definition) is 4. The molecule has 0 bridgehead atoms. The van der Waals surface area contributed by atoms with Crippen LogP contribution in [0.3, 0.4) is 0 Å². The van der Waals surface area contributed by atoms with E-state index in [9.17, 15) is 22.4 Å². The fraction of sp³-hybridized carbons (Fsp3) is 0.263. The van der Waals surface area contributed by atoms with Gasteiger partial charge in [-0.1, -0.05) is 12.1 Å². The minimum atomic E-state index is -3.76. The minimum absolute atomic E-state index is 0.0264. The lowest BCUT2D eigenvalue weighted by molar-refractivity contribution is -0.121. The van der Waals surface area contributed by atoms with E-state index < -0.39 is 10.0 Å². The van der Waals surface area contributed by atoms with E-state index in [0.29, 0.717) is 18.5 Å². The van der Waals surface area contributed by atoms with Crippen LogP contribution in [0.2, 0.25) is 0 Å². The molecule has 0 fully saturated rings. The number of nitrogens with one attached hydrogen (secondary N) is 3. The van der Waals surface area contributed by atoms with Gasteiger partial charge in [0.25, 0.3) is 0 Å². The first-order valence-electron chi connectivity index (χ1n) is 8.77. The normalized spacial score (nSPS) is 13.5. The van der Waals surface area contributed by atoms with E-state index >= 15 is 0 Å². The molecule has 1 heterocycles. The first kappa shape index (κ1) is 20.0. The predicted molar refractivity (Wildman–Crippen MR) is 101 cm³/mol. The molecule has 2 aromatic rings. The first-order chi connectivity index (χ1) is 13.3. The van der Waals surface area contributed by atoms with Gasteiger partial charge in [-0.2, -0.15) is 0 Å². The topological polar surface area (TPSA) is 104 Å². The maximum atomic E-state index is 12.8. The van der Waals surface area contributed by atoms with Gasteiger partial charge in [-0.15, -0.1) is 0 Å². The quantitative estimate of drug-likeness (QED) is 0.652. The Kier molecular flexibility index (Phi) is 6.05. The van der Waals surface area contributed by atoms with Crippen LogP contribution in [0.5, 0.6) is 0 Å². The van der Waals surface area contributed by atoms with Crippen LogP contribution in [0.4, 0.5) is 10.1 Å². The number of aryl methyl sites for hydroxylation is 1. The van der Waals surface area contributed by atoms with Gasteiger partial charge in [-0.25, -0.2) is 17.5 Å². The summed E-state index contributed by atoms with van der Waals surface area (Å²) in [6.45, 7) is 0.188. The lowest BCUT2D eigenvalue weighted by Crippen LogP contribution is -2.30. The van der Waals surface area contributed by atoms with Gasteiger partial charge in [0, 0.05) is 31.6 Å². The summed E-state index contributed by atoms with van der Waals surface area (Å²) in [7, 11) is -3.76. The molecule has 1 aliphatic heterocycles. The molecule has 1 aliphatic rings. The number of amides is 2. The highest BCUT2D eigenvalue weighted by atomic mass is 32.2. The van der Waals surface area contributed by atoms with E-state index in [-0.39, 0.29) is 42.0 Å². The number of halogens is 1. The van der Waals surface area contributed by atoms with Gasteiger partial charge in [0.2, 0.25) is 21.8 Å². The molecule has 148 valence electrons. The minimum Gasteiger partial charge on any atom is -0.352 e. The fourth-order valence-corrected chi connectivity index (χ4v) is 3.88. The maximum absolute atomic E-state index is 12.8. The molecular weight excluding hydrogens is 385 g/mol. The number of carbonyl (C=O) groups excluding carboxylic acids is 2. The lowest BCUT2D eigenvalue weighted by atomic mass is 10.0. The first-order valence-corrected chi connectivity index (χ1v) is 10.3. The summed E-state index contributed by atoms with van der Waals surface area (Å²) in [5.74, 6) is -0.762. The summed E-state index contributed by atoms with van der Waals surface area (Å²) in [6.07, 6.45) is 0.774. The number of benzene rings is 2. The molecule has 7 nitrogen and oxygen atoms in total. The second-order valence-electron chi connectivity index (χ2n) is 6.42. The van der Waals surface area contributed by atoms with Gasteiger partial charge in [-0.05, 0) is 47.9 Å². The van der Waals surface area contributed by atoms with Crippen molar-refractivity contribution in [3.8, 4) is 0 Å². The van der Waals surface area contributed by atoms with E-state index in [0.717, 1.165) is 11.1 Å². The van der Waals surface area contributed by atoms with Crippen molar-refractivity contribution in [2.45, 2.75) is 30.7 Å². The predicted octanol–water partition coefficient (Wildman–Crippen LogP) is 1.70. The van der Waals surface area contributed by atoms with Crippen LogP contribution in [-0.2, 0) is 32.6 Å². The van der Waals surface area contributed by atoms with Crippen molar-refractivity contribution >= 4 is 27.5 Å². The molecule has 2 aromatic carbocycles. The molecule has 9 heteroatoms. The van der Waals surface area contributed by atoms with Gasteiger partial charge < -0.3 is 10.6 Å². The Morgan fingerprint density at radius 3 is 2.61 bits per heavy atom. The van der Waals surface area contributed by atoms with Crippen LogP contribution in [0.1, 0.15) is 24.0 Å². The van der Waals surface area contributed by atoms with Crippen LogP contribution < -0.4 is 15.4 Å². The molecule has 0 radical (unpaired) electrons. The van der Waals surface area contributed by atoms with Crippen molar-refractivity contribution in [2.24, 2.45) is 0 Å². The number of fused-ring (bicyclic) bond motifs is 1. The van der Waals surface area contributed by atoms with Crippen molar-refractivity contribution in [2.75, 3.05) is 11.9 Å². The monoisotopic (exact) mass is 405 g/mol. The van der Waals surface area contributed by atoms with Gasteiger partial charge in [0.05, 0.1) is 4.90 Å². The van der Waals surface area contributed by atoms with Crippen molar-refractivity contribution in [1.29, 1.82) is 0 Å². The van der Waals surface area contributed by atoms with Crippen LogP contribution in [0, 0.1) is 5.82 Å². The number of sulfonamides is 1. The van der Waals surface area contributed by atoms with Crippen molar-refractivity contribution in [3.63, 3.8) is 0 Å². The molecule has 2 amide bonds. The zero-order valence-corrected chi connectivity index (χ0v) is 15.8. The molecule has 28 heavy (non-hydrogen) atoms. The summed E-state index contributed by atoms with van der Waals surface area (Å²) in [5, 5.41) is 5.35. The summed E-state index contributed by atoms with van der Waals surface area (Å²) in [6, 6.07) is 10.3. The summed E-state index contributed by atoms with van der Waals surface area (Å²) >= 11 is 0. The molecule has 0 spiro atoms. The molecule has 3 N–H and O–H groups in total. The van der Waals surface area contributed by atoms with E-state index in [4.69, 9.17) is 0 Å². The SMILES string of the molecule is O=C(CCNS(=O)(=O)c1ccc2c(c1)CCC(=O)N2)NCc1ccc(F)cc1. The Hall–Kier alpha value is -2.78. The highest BCUT2D eigenvalue weighted by Gasteiger charge is 2.20. The average molecular weight is 405 g/mol. The van der Waals surface area contributed by atoms with Crippen LogP contribution in [0.25, 0.3) is 0 Å². The zero-order valence-electron chi connectivity index (χ0n) is 15.0. The van der Waals surface area contributed by atoms with Crippen LogP contribution >= 0.6 is 0 Å². The third kappa shape index (κ3) is 5.14. The fourth-order valence-electron chi connectivity index (χ4n) is 2.80. The standard InChI is InChI=1S/C19H20FN3O4S/c20-15-4-1-13(2-5-15)12-21-18(24)9-10-22-28(26,27)16-6-7-17-14(11-16)3-8-19(25)23-17/h1-2,4-7,11,22H,3,8-10,12H2,(H,21,24)(H,23,25). The lowest BCUT2D eigenvalue weighted by Gasteiger charge is -2.17. The maximum Gasteiger partial charge on any atom is 0.240 e. The zero-order chi connectivity index (χ0) is 20.1. The Labute approximate surface area is 162 Å². The summed E-state index contributed by atoms with van der Waals surface area (Å²) in [4.78, 5) is 23.3. The molecule has 3 rings (SSSR count). The number of rotatable bonds is 7. The largest absolute Gasteiger partial charge is 0.352 e. The Balaban J connectivity index is 1.50. The van der Waals surface area contributed by atoms with E-state index in [1.807, 2.05) is 0 Å². The molecule has 0 aromatic heterocycles. The Morgan fingerprint density at radius 2 is 1.86 bits per heavy atom. The van der Waals surface area contributed by atoms with E-state index in [2.05, 4.69) is 15.4 Å². The van der Waals surface area contributed by atoms with E-state index in [1.165, 1.54) is 24.3 Å². The van der Waals surface area contributed by atoms with Crippen molar-refractivity contribution in [1.82, 2.24) is 10.0 Å². The van der Waals surface area contributed by atoms with Crippen LogP contribution in [-0.4, -0.2) is 26.8 Å². The molecule has 0 atom stereocenters. The highest BCUT2D eigenvalue weighted by molar-refractivity contribution is 7.89. The second-order valence-corrected chi connectivity index (χ2v) is 8.19. The molecule has 0 saturated heterocycles. The number of carbonyl (C=O) groups is 2. The van der Waals surface area contributed by atoms with E-state index in [1.54, 1.807) is 18.2 Å². The Morgan fingerprint density at radius 1 is 1.11 bits per heavy atom. The number of anilines is 1. The Bertz CT molecular complexity index is 991. The van der Waals surface area contributed by atoms with Gasteiger partial charge in [0.1, 0.15) is 5.82 Å². The summed E-state index contributed by atoms with van der Waals surface area (Å²) in [5.41, 5.74) is 2.13. The van der Waals surface area contributed by atoms with Crippen LogP contribution in [0.15, 0.2) is 47.4 Å². The number of hydrogen-bond donors (Lipinski definition) is 3. The van der Waals surface area contributed by atoms with Crippen molar-refractivity contribution in [3.05, 3.63) is 59.4 Å². The third-order valence-corrected chi connectivity index (χ3v) is 5.79. The molecule has 0 aliphatic carbocycles. The average Bonchev–Trinajstić information content (AvgIpc) is 2.67. The molecule has 0 unspecified atom stereocenters.